The molecule has 0 fully saturated rings. The fourth-order valence-electron chi connectivity index (χ4n) is 2.16. The summed E-state index contributed by atoms with van der Waals surface area (Å²) in [7, 11) is 0. The van der Waals surface area contributed by atoms with E-state index < -0.39 is 0 Å². The van der Waals surface area contributed by atoms with Crippen molar-refractivity contribution in [2.45, 2.75) is 39.8 Å². The molecule has 1 N–H and O–H groups in total. The van der Waals surface area contributed by atoms with Gasteiger partial charge in [0.15, 0.2) is 5.78 Å². The zero-order valence-corrected chi connectivity index (χ0v) is 10.2. The number of benzene rings is 1. The monoisotopic (exact) mass is 217 g/mol. The summed E-state index contributed by atoms with van der Waals surface area (Å²) in [5.74, 6) is 0.307. The SMILES string of the molecule is CC(C)(C)C(=O)C1Cc2ccccc2CN1. The fraction of sp³-hybridized carbons (Fsp3) is 0.500. The lowest BCUT2D eigenvalue weighted by molar-refractivity contribution is -0.128. The number of rotatable bonds is 1. The van der Waals surface area contributed by atoms with Gasteiger partial charge in [0.2, 0.25) is 0 Å². The summed E-state index contributed by atoms with van der Waals surface area (Å²) >= 11 is 0. The number of hydrogen-bond donors (Lipinski definition) is 1. The number of Topliss-reactive ketones (excluding diaryl/α,β-unsaturated/α-hetero) is 1. The van der Waals surface area contributed by atoms with Crippen molar-refractivity contribution >= 4 is 5.78 Å². The molecule has 16 heavy (non-hydrogen) atoms. The van der Waals surface area contributed by atoms with Gasteiger partial charge in [-0.2, -0.15) is 0 Å². The van der Waals surface area contributed by atoms with Gasteiger partial charge in [0.25, 0.3) is 0 Å². The molecule has 2 rings (SSSR count). The van der Waals surface area contributed by atoms with E-state index in [0.717, 1.165) is 13.0 Å². The minimum absolute atomic E-state index is 0.0186. The Kier molecular flexibility index (Phi) is 2.85. The van der Waals surface area contributed by atoms with Gasteiger partial charge in [-0.3, -0.25) is 4.79 Å². The Bertz CT molecular complexity index is 403. The van der Waals surface area contributed by atoms with Crippen LogP contribution in [-0.4, -0.2) is 11.8 Å². The Morgan fingerprint density at radius 2 is 1.88 bits per heavy atom. The van der Waals surface area contributed by atoms with Crippen molar-refractivity contribution in [2.24, 2.45) is 5.41 Å². The maximum Gasteiger partial charge on any atom is 0.155 e. The van der Waals surface area contributed by atoms with Gasteiger partial charge in [0.1, 0.15) is 0 Å². The molecule has 1 heterocycles. The van der Waals surface area contributed by atoms with Crippen LogP contribution in [0.25, 0.3) is 0 Å². The lowest BCUT2D eigenvalue weighted by atomic mass is 9.82. The first kappa shape index (κ1) is 11.3. The third-order valence-electron chi connectivity index (χ3n) is 3.14. The average Bonchev–Trinajstić information content (AvgIpc) is 2.26. The van der Waals surface area contributed by atoms with Gasteiger partial charge in [0.05, 0.1) is 6.04 Å². The van der Waals surface area contributed by atoms with Crippen molar-refractivity contribution in [3.8, 4) is 0 Å². The molecule has 1 aliphatic rings. The average molecular weight is 217 g/mol. The standard InChI is InChI=1S/C14H19NO/c1-14(2,3)13(16)12-8-10-6-4-5-7-11(10)9-15-12/h4-7,12,15H,8-9H2,1-3H3. The van der Waals surface area contributed by atoms with Crippen LogP contribution in [0.3, 0.4) is 0 Å². The number of carbonyl (C=O) groups is 1. The summed E-state index contributed by atoms with van der Waals surface area (Å²) in [6.45, 7) is 6.76. The highest BCUT2D eigenvalue weighted by Gasteiger charge is 2.31. The third-order valence-corrected chi connectivity index (χ3v) is 3.14. The first-order valence-electron chi connectivity index (χ1n) is 5.83. The zero-order valence-electron chi connectivity index (χ0n) is 10.2. The lowest BCUT2D eigenvalue weighted by Gasteiger charge is -2.29. The van der Waals surface area contributed by atoms with Crippen LogP contribution in [0.4, 0.5) is 0 Å². The van der Waals surface area contributed by atoms with Gasteiger partial charge in [-0.15, -0.1) is 0 Å². The first-order chi connectivity index (χ1) is 7.48. The van der Waals surface area contributed by atoms with Crippen LogP contribution in [0.2, 0.25) is 0 Å². The molecule has 1 atom stereocenters. The Morgan fingerprint density at radius 3 is 2.50 bits per heavy atom. The van der Waals surface area contributed by atoms with Crippen molar-refractivity contribution in [3.63, 3.8) is 0 Å². The van der Waals surface area contributed by atoms with E-state index in [-0.39, 0.29) is 11.5 Å². The molecule has 0 saturated carbocycles. The smallest absolute Gasteiger partial charge is 0.155 e. The number of nitrogens with one attached hydrogen (secondary N) is 1. The number of hydrogen-bond acceptors (Lipinski definition) is 2. The highest BCUT2D eigenvalue weighted by atomic mass is 16.1. The van der Waals surface area contributed by atoms with Crippen LogP contribution in [0.5, 0.6) is 0 Å². The molecular weight excluding hydrogens is 198 g/mol. The molecule has 1 aromatic carbocycles. The Morgan fingerprint density at radius 1 is 1.25 bits per heavy atom. The van der Waals surface area contributed by atoms with E-state index in [9.17, 15) is 4.79 Å². The van der Waals surface area contributed by atoms with E-state index in [1.54, 1.807) is 0 Å². The van der Waals surface area contributed by atoms with E-state index in [0.29, 0.717) is 5.78 Å². The molecule has 1 aromatic rings. The molecule has 1 aliphatic heterocycles. The third kappa shape index (κ3) is 2.17. The number of fused-ring (bicyclic) bond motifs is 1. The summed E-state index contributed by atoms with van der Waals surface area (Å²) in [5, 5.41) is 3.33. The minimum atomic E-state index is -0.260. The van der Waals surface area contributed by atoms with Crippen LogP contribution in [0.1, 0.15) is 31.9 Å². The van der Waals surface area contributed by atoms with Crippen molar-refractivity contribution in [1.29, 1.82) is 0 Å². The Balaban J connectivity index is 2.17. The molecule has 0 aliphatic carbocycles. The van der Waals surface area contributed by atoms with E-state index in [2.05, 4.69) is 17.4 Å². The van der Waals surface area contributed by atoms with Gasteiger partial charge in [-0.25, -0.2) is 0 Å². The van der Waals surface area contributed by atoms with Gasteiger partial charge in [-0.05, 0) is 17.5 Å². The fourth-order valence-corrected chi connectivity index (χ4v) is 2.16. The van der Waals surface area contributed by atoms with Crippen LogP contribution in [-0.2, 0) is 17.8 Å². The Labute approximate surface area is 97.1 Å². The Hall–Kier alpha value is -1.15. The first-order valence-corrected chi connectivity index (χ1v) is 5.83. The van der Waals surface area contributed by atoms with Crippen molar-refractivity contribution < 1.29 is 4.79 Å². The lowest BCUT2D eigenvalue weighted by Crippen LogP contribution is -2.46. The second-order valence-corrected chi connectivity index (χ2v) is 5.52. The van der Waals surface area contributed by atoms with Crippen LogP contribution >= 0.6 is 0 Å². The summed E-state index contributed by atoms with van der Waals surface area (Å²) in [6.07, 6.45) is 0.826. The summed E-state index contributed by atoms with van der Waals surface area (Å²) in [6, 6.07) is 8.32. The molecule has 0 amide bonds. The van der Waals surface area contributed by atoms with Gasteiger partial charge in [-0.1, -0.05) is 45.0 Å². The van der Waals surface area contributed by atoms with Gasteiger partial charge >= 0.3 is 0 Å². The maximum atomic E-state index is 12.2. The molecule has 0 aromatic heterocycles. The van der Waals surface area contributed by atoms with Gasteiger partial charge in [0, 0.05) is 12.0 Å². The predicted molar refractivity (Wildman–Crippen MR) is 65.2 cm³/mol. The molecule has 0 radical (unpaired) electrons. The summed E-state index contributed by atoms with van der Waals surface area (Å²) in [5.41, 5.74) is 2.37. The van der Waals surface area contributed by atoms with Crippen LogP contribution in [0.15, 0.2) is 24.3 Å². The van der Waals surface area contributed by atoms with E-state index in [4.69, 9.17) is 0 Å². The maximum absolute atomic E-state index is 12.2. The molecule has 0 bridgehead atoms. The molecule has 2 heteroatoms. The zero-order chi connectivity index (χ0) is 11.8. The van der Waals surface area contributed by atoms with Crippen molar-refractivity contribution in [1.82, 2.24) is 5.32 Å². The second-order valence-electron chi connectivity index (χ2n) is 5.52. The quantitative estimate of drug-likeness (QED) is 0.782. The van der Waals surface area contributed by atoms with Crippen LogP contribution in [0, 0.1) is 5.41 Å². The summed E-state index contributed by atoms with van der Waals surface area (Å²) in [4.78, 5) is 12.2. The molecule has 0 saturated heterocycles. The normalized spacial score (nSPS) is 20.3. The van der Waals surface area contributed by atoms with E-state index in [1.165, 1.54) is 11.1 Å². The van der Waals surface area contributed by atoms with Crippen molar-refractivity contribution in [2.75, 3.05) is 0 Å². The van der Waals surface area contributed by atoms with E-state index in [1.807, 2.05) is 32.9 Å². The predicted octanol–water partition coefficient (Wildman–Crippen LogP) is 2.32. The topological polar surface area (TPSA) is 29.1 Å². The summed E-state index contributed by atoms with van der Waals surface area (Å²) < 4.78 is 0. The van der Waals surface area contributed by atoms with Gasteiger partial charge < -0.3 is 5.32 Å². The van der Waals surface area contributed by atoms with Crippen LogP contribution < -0.4 is 5.32 Å². The highest BCUT2D eigenvalue weighted by molar-refractivity contribution is 5.89. The van der Waals surface area contributed by atoms with Crippen molar-refractivity contribution in [3.05, 3.63) is 35.4 Å². The number of carbonyl (C=O) groups excluding carboxylic acids is 1. The molecule has 0 spiro atoms. The molecule has 2 nitrogen and oxygen atoms in total. The molecule has 1 unspecified atom stereocenters. The van der Waals surface area contributed by atoms with E-state index >= 15 is 0 Å². The second kappa shape index (κ2) is 4.02. The highest BCUT2D eigenvalue weighted by Crippen LogP contribution is 2.23. The molecule has 86 valence electrons. The minimum Gasteiger partial charge on any atom is -0.303 e. The largest absolute Gasteiger partial charge is 0.303 e. The molecular formula is C14H19NO. The number of ketones is 1.